The van der Waals surface area contributed by atoms with Crippen molar-refractivity contribution in [3.05, 3.63) is 24.0 Å². The third-order valence-electron chi connectivity index (χ3n) is 1.84. The minimum absolute atomic E-state index is 0.750. The Kier molecular flexibility index (Phi) is 1.06. The minimum atomic E-state index is 0.750. The highest BCUT2D eigenvalue weighted by atomic mass is 15.0. The van der Waals surface area contributed by atoms with Crippen molar-refractivity contribution in [2.45, 2.75) is 5.92 Å². The van der Waals surface area contributed by atoms with Gasteiger partial charge in [-0.2, -0.15) is 0 Å². The lowest BCUT2D eigenvalue weighted by molar-refractivity contribution is 0.441. The fourth-order valence-electron chi connectivity index (χ4n) is 1.11. The lowest BCUT2D eigenvalue weighted by Gasteiger charge is -2.25. The highest BCUT2D eigenvalue weighted by Crippen LogP contribution is 2.16. The van der Waals surface area contributed by atoms with Crippen molar-refractivity contribution in [2.75, 3.05) is 13.1 Å². The second-order valence-corrected chi connectivity index (χ2v) is 2.48. The van der Waals surface area contributed by atoms with E-state index >= 15 is 0 Å². The third kappa shape index (κ3) is 0.754. The molecule has 0 spiro atoms. The molecule has 2 heterocycles. The van der Waals surface area contributed by atoms with Gasteiger partial charge in [-0.1, -0.05) is 0 Å². The largest absolute Gasteiger partial charge is 0.365 e. The van der Waals surface area contributed by atoms with Gasteiger partial charge in [-0.05, 0) is 12.1 Å². The molecule has 0 aliphatic carbocycles. The Morgan fingerprint density at radius 1 is 1.44 bits per heavy atom. The van der Waals surface area contributed by atoms with Crippen LogP contribution in [0.25, 0.3) is 0 Å². The number of H-pyrrole nitrogens is 1. The maximum absolute atomic E-state index is 3.23. The summed E-state index contributed by atoms with van der Waals surface area (Å²) in [5.41, 5.74) is 1.37. The van der Waals surface area contributed by atoms with Gasteiger partial charge in [-0.25, -0.2) is 0 Å². The molecule has 0 amide bonds. The van der Waals surface area contributed by atoms with Crippen LogP contribution in [0.15, 0.2) is 18.3 Å². The van der Waals surface area contributed by atoms with Crippen LogP contribution in [0, 0.1) is 0 Å². The number of nitrogens with one attached hydrogen (secondary N) is 2. The average Bonchev–Trinajstić information content (AvgIpc) is 2.11. The van der Waals surface area contributed by atoms with Gasteiger partial charge in [-0.3, -0.25) is 0 Å². The van der Waals surface area contributed by atoms with E-state index in [1.165, 1.54) is 5.69 Å². The number of rotatable bonds is 1. The van der Waals surface area contributed by atoms with Crippen LogP contribution in [0.3, 0.4) is 0 Å². The van der Waals surface area contributed by atoms with Crippen LogP contribution in [0.4, 0.5) is 0 Å². The average molecular weight is 122 g/mol. The van der Waals surface area contributed by atoms with Gasteiger partial charge < -0.3 is 10.3 Å². The van der Waals surface area contributed by atoms with Gasteiger partial charge >= 0.3 is 0 Å². The van der Waals surface area contributed by atoms with Gasteiger partial charge in [0.25, 0.3) is 0 Å². The second kappa shape index (κ2) is 1.88. The zero-order valence-corrected chi connectivity index (χ0v) is 5.22. The van der Waals surface area contributed by atoms with E-state index in [0.29, 0.717) is 0 Å². The lowest BCUT2D eigenvalue weighted by Crippen LogP contribution is -2.39. The van der Waals surface area contributed by atoms with E-state index < -0.39 is 0 Å². The van der Waals surface area contributed by atoms with E-state index in [4.69, 9.17) is 0 Å². The SMILES string of the molecule is c1c[nH]c(C2CNC2)c1. The summed E-state index contributed by atoms with van der Waals surface area (Å²) in [7, 11) is 0. The molecule has 1 aromatic rings. The van der Waals surface area contributed by atoms with Gasteiger partial charge in [0.1, 0.15) is 0 Å². The highest BCUT2D eigenvalue weighted by Gasteiger charge is 2.18. The van der Waals surface area contributed by atoms with E-state index in [9.17, 15) is 0 Å². The molecule has 1 aliphatic rings. The van der Waals surface area contributed by atoms with Gasteiger partial charge in [0.05, 0.1) is 0 Å². The van der Waals surface area contributed by atoms with Crippen LogP contribution in [-0.4, -0.2) is 18.1 Å². The Bertz CT molecular complexity index is 175. The number of aromatic amines is 1. The molecule has 0 saturated carbocycles. The first kappa shape index (κ1) is 5.06. The first-order valence-corrected chi connectivity index (χ1v) is 3.31. The summed E-state index contributed by atoms with van der Waals surface area (Å²) in [6, 6.07) is 4.19. The maximum atomic E-state index is 3.23. The van der Waals surface area contributed by atoms with Crippen molar-refractivity contribution in [2.24, 2.45) is 0 Å². The Labute approximate surface area is 54.3 Å². The van der Waals surface area contributed by atoms with E-state index in [0.717, 1.165) is 19.0 Å². The molecule has 0 atom stereocenters. The summed E-state index contributed by atoms with van der Waals surface area (Å²) >= 11 is 0. The molecule has 48 valence electrons. The standard InChI is InChI=1S/C7H10N2/c1-2-7(9-3-1)6-4-8-5-6/h1-3,6,8-9H,4-5H2. The second-order valence-electron chi connectivity index (χ2n) is 2.48. The molecule has 9 heavy (non-hydrogen) atoms. The zero-order chi connectivity index (χ0) is 6.10. The van der Waals surface area contributed by atoms with Crippen molar-refractivity contribution in [1.29, 1.82) is 0 Å². The predicted octanol–water partition coefficient (Wildman–Crippen LogP) is 0.702. The molecular formula is C7H10N2. The fraction of sp³-hybridized carbons (Fsp3) is 0.429. The first-order valence-electron chi connectivity index (χ1n) is 3.31. The van der Waals surface area contributed by atoms with Crippen LogP contribution in [0.1, 0.15) is 11.6 Å². The molecule has 0 radical (unpaired) electrons. The summed E-state index contributed by atoms with van der Waals surface area (Å²) in [4.78, 5) is 3.20. The highest BCUT2D eigenvalue weighted by molar-refractivity contribution is 5.13. The predicted molar refractivity (Wildman–Crippen MR) is 36.4 cm³/mol. The molecule has 2 heteroatoms. The molecule has 1 saturated heterocycles. The van der Waals surface area contributed by atoms with Crippen molar-refractivity contribution in [3.63, 3.8) is 0 Å². The minimum Gasteiger partial charge on any atom is -0.365 e. The summed E-state index contributed by atoms with van der Waals surface area (Å²) in [6.07, 6.45) is 1.98. The normalized spacial score (nSPS) is 19.6. The van der Waals surface area contributed by atoms with E-state index in [1.54, 1.807) is 0 Å². The molecule has 0 aromatic carbocycles. The smallest absolute Gasteiger partial charge is 0.0240 e. The molecule has 1 fully saturated rings. The van der Waals surface area contributed by atoms with E-state index in [2.05, 4.69) is 16.4 Å². The summed E-state index contributed by atoms with van der Waals surface area (Å²) < 4.78 is 0. The number of aromatic nitrogens is 1. The van der Waals surface area contributed by atoms with Gasteiger partial charge in [0, 0.05) is 30.9 Å². The molecule has 2 N–H and O–H groups in total. The molecule has 2 nitrogen and oxygen atoms in total. The molecule has 1 aromatic heterocycles. The Morgan fingerprint density at radius 3 is 2.78 bits per heavy atom. The Balaban J connectivity index is 2.14. The summed E-state index contributed by atoms with van der Waals surface area (Å²) in [6.45, 7) is 2.28. The third-order valence-corrected chi connectivity index (χ3v) is 1.84. The van der Waals surface area contributed by atoms with E-state index in [-0.39, 0.29) is 0 Å². The van der Waals surface area contributed by atoms with E-state index in [1.807, 2.05) is 12.3 Å². The number of hydrogen-bond acceptors (Lipinski definition) is 1. The summed E-state index contributed by atoms with van der Waals surface area (Å²) in [5.74, 6) is 0.750. The van der Waals surface area contributed by atoms with Crippen molar-refractivity contribution in [3.8, 4) is 0 Å². The molecule has 2 rings (SSSR count). The van der Waals surface area contributed by atoms with Crippen molar-refractivity contribution >= 4 is 0 Å². The van der Waals surface area contributed by atoms with Crippen molar-refractivity contribution < 1.29 is 0 Å². The Morgan fingerprint density at radius 2 is 2.33 bits per heavy atom. The fourth-order valence-corrected chi connectivity index (χ4v) is 1.11. The first-order chi connectivity index (χ1) is 4.47. The number of hydrogen-bond donors (Lipinski definition) is 2. The Hall–Kier alpha value is -0.760. The monoisotopic (exact) mass is 122 g/mol. The lowest BCUT2D eigenvalue weighted by atomic mass is 10.0. The van der Waals surface area contributed by atoms with Crippen LogP contribution < -0.4 is 5.32 Å². The van der Waals surface area contributed by atoms with Crippen LogP contribution >= 0.6 is 0 Å². The van der Waals surface area contributed by atoms with Crippen LogP contribution in [-0.2, 0) is 0 Å². The van der Waals surface area contributed by atoms with Gasteiger partial charge in [0.15, 0.2) is 0 Å². The van der Waals surface area contributed by atoms with Crippen molar-refractivity contribution in [1.82, 2.24) is 10.3 Å². The maximum Gasteiger partial charge on any atom is 0.0240 e. The topological polar surface area (TPSA) is 27.8 Å². The molecule has 0 bridgehead atoms. The molecular weight excluding hydrogens is 112 g/mol. The quantitative estimate of drug-likeness (QED) is 0.564. The zero-order valence-electron chi connectivity index (χ0n) is 5.22. The van der Waals surface area contributed by atoms with Crippen LogP contribution in [0.5, 0.6) is 0 Å². The van der Waals surface area contributed by atoms with Gasteiger partial charge in [0.2, 0.25) is 0 Å². The summed E-state index contributed by atoms with van der Waals surface area (Å²) in [5, 5.41) is 3.23. The molecule has 1 aliphatic heterocycles. The van der Waals surface area contributed by atoms with Crippen LogP contribution in [0.2, 0.25) is 0 Å². The van der Waals surface area contributed by atoms with Gasteiger partial charge in [-0.15, -0.1) is 0 Å². The molecule has 0 unspecified atom stereocenters.